The van der Waals surface area contributed by atoms with Gasteiger partial charge in [0.2, 0.25) is 0 Å². The number of amides is 1. The van der Waals surface area contributed by atoms with Crippen LogP contribution in [0.2, 0.25) is 0 Å². The molecule has 25 heavy (non-hydrogen) atoms. The van der Waals surface area contributed by atoms with Crippen LogP contribution in [0.15, 0.2) is 48.5 Å². The van der Waals surface area contributed by atoms with Gasteiger partial charge in [-0.25, -0.2) is 4.39 Å². The minimum atomic E-state index is -0.321. The second-order valence-electron chi connectivity index (χ2n) is 6.07. The predicted molar refractivity (Wildman–Crippen MR) is 97.8 cm³/mol. The lowest BCUT2D eigenvalue weighted by Crippen LogP contribution is -2.28. The number of halogens is 1. The molecule has 0 aliphatic carbocycles. The molecule has 6 heteroatoms. The molecule has 1 heterocycles. The minimum absolute atomic E-state index is 0.168. The van der Waals surface area contributed by atoms with Crippen LogP contribution in [0.4, 0.5) is 9.18 Å². The van der Waals surface area contributed by atoms with Crippen LogP contribution in [0.3, 0.4) is 0 Å². The van der Waals surface area contributed by atoms with Crippen LogP contribution in [0.1, 0.15) is 24.0 Å². The van der Waals surface area contributed by atoms with E-state index in [0.29, 0.717) is 6.61 Å². The summed E-state index contributed by atoms with van der Waals surface area (Å²) in [6.07, 6.45) is 2.07. The average molecular weight is 360 g/mol. The molecule has 2 aromatic carbocycles. The van der Waals surface area contributed by atoms with Crippen LogP contribution in [-0.2, 0) is 13.2 Å². The third kappa shape index (κ3) is 5.21. The number of ether oxygens (including phenoxy) is 1. The van der Waals surface area contributed by atoms with Crippen LogP contribution in [-0.4, -0.2) is 22.1 Å². The van der Waals surface area contributed by atoms with Gasteiger partial charge in [-0.1, -0.05) is 24.3 Å². The number of nitrogens with zero attached hydrogens (tertiary/aromatic N) is 1. The fraction of sp³-hybridized carbons (Fsp3) is 0.316. The second-order valence-corrected chi connectivity index (χ2v) is 7.25. The Morgan fingerprint density at radius 1 is 1.24 bits per heavy atom. The molecular formula is C19H21FN2O2S. The van der Waals surface area contributed by atoms with E-state index in [0.717, 1.165) is 42.8 Å². The predicted octanol–water partition coefficient (Wildman–Crippen LogP) is 4.14. The Hall–Kier alpha value is -2.05. The van der Waals surface area contributed by atoms with E-state index in [-0.39, 0.29) is 16.4 Å². The maximum absolute atomic E-state index is 13.2. The van der Waals surface area contributed by atoms with Gasteiger partial charge in [-0.05, 0) is 66.5 Å². The standard InChI is InChI=1S/C19H21FN2O2S/c20-16-4-1-3-15(11-16)13-24-17-8-6-14(7-9-17)12-22-10-2-5-18(22)25-19(21)23/h1,3-4,6-9,11,18H,2,5,10,12-13H2,(H2,21,23). The zero-order valence-corrected chi connectivity index (χ0v) is 14.7. The van der Waals surface area contributed by atoms with Crippen molar-refractivity contribution in [1.82, 2.24) is 4.90 Å². The van der Waals surface area contributed by atoms with Gasteiger partial charge in [-0.2, -0.15) is 0 Å². The number of hydrogen-bond acceptors (Lipinski definition) is 4. The number of primary amides is 1. The molecule has 2 aromatic rings. The summed E-state index contributed by atoms with van der Waals surface area (Å²) >= 11 is 1.21. The number of carbonyl (C=O) groups excluding carboxylic acids is 1. The molecule has 0 saturated carbocycles. The highest BCUT2D eigenvalue weighted by molar-refractivity contribution is 8.14. The minimum Gasteiger partial charge on any atom is -0.489 e. The topological polar surface area (TPSA) is 55.6 Å². The first-order chi connectivity index (χ1) is 12.1. The largest absolute Gasteiger partial charge is 0.489 e. The van der Waals surface area contributed by atoms with Gasteiger partial charge >= 0.3 is 0 Å². The van der Waals surface area contributed by atoms with Crippen molar-refractivity contribution in [1.29, 1.82) is 0 Å². The van der Waals surface area contributed by atoms with Crippen LogP contribution in [0.25, 0.3) is 0 Å². The first-order valence-electron chi connectivity index (χ1n) is 8.26. The summed E-state index contributed by atoms with van der Waals surface area (Å²) in [7, 11) is 0. The van der Waals surface area contributed by atoms with E-state index in [4.69, 9.17) is 10.5 Å². The maximum atomic E-state index is 13.2. The Balaban J connectivity index is 1.54. The highest BCUT2D eigenvalue weighted by Gasteiger charge is 2.26. The monoisotopic (exact) mass is 360 g/mol. The molecule has 1 atom stereocenters. The molecule has 0 bridgehead atoms. The third-order valence-corrected chi connectivity index (χ3v) is 5.20. The lowest BCUT2D eigenvalue weighted by atomic mass is 10.2. The van der Waals surface area contributed by atoms with Crippen molar-refractivity contribution >= 4 is 17.0 Å². The van der Waals surface area contributed by atoms with Crippen molar-refractivity contribution in [3.05, 3.63) is 65.5 Å². The number of nitrogens with two attached hydrogens (primary N) is 1. The first kappa shape index (κ1) is 17.8. The van der Waals surface area contributed by atoms with E-state index >= 15 is 0 Å². The first-order valence-corrected chi connectivity index (χ1v) is 9.14. The highest BCUT2D eigenvalue weighted by Crippen LogP contribution is 2.29. The number of likely N-dealkylation sites (tertiary alicyclic amines) is 1. The lowest BCUT2D eigenvalue weighted by Gasteiger charge is -2.22. The van der Waals surface area contributed by atoms with E-state index in [9.17, 15) is 9.18 Å². The van der Waals surface area contributed by atoms with E-state index in [1.165, 1.54) is 23.9 Å². The third-order valence-electron chi connectivity index (χ3n) is 4.16. The Kier molecular flexibility index (Phi) is 5.94. The van der Waals surface area contributed by atoms with Gasteiger partial charge in [0.25, 0.3) is 5.24 Å². The van der Waals surface area contributed by atoms with Crippen LogP contribution < -0.4 is 10.5 Å². The molecule has 0 radical (unpaired) electrons. The van der Waals surface area contributed by atoms with Gasteiger partial charge in [0.15, 0.2) is 0 Å². The van der Waals surface area contributed by atoms with Crippen molar-refractivity contribution in [3.63, 3.8) is 0 Å². The molecule has 1 unspecified atom stereocenters. The number of hydrogen-bond donors (Lipinski definition) is 1. The molecular weight excluding hydrogens is 339 g/mol. The molecule has 0 aromatic heterocycles. The van der Waals surface area contributed by atoms with Crippen LogP contribution in [0.5, 0.6) is 5.75 Å². The van der Waals surface area contributed by atoms with E-state index < -0.39 is 0 Å². The average Bonchev–Trinajstić information content (AvgIpc) is 3.00. The number of benzene rings is 2. The summed E-state index contributed by atoms with van der Waals surface area (Å²) in [6.45, 7) is 2.10. The Bertz CT molecular complexity index is 724. The summed E-state index contributed by atoms with van der Waals surface area (Å²) < 4.78 is 18.9. The Labute approximate surface area is 151 Å². The van der Waals surface area contributed by atoms with Gasteiger partial charge in [0, 0.05) is 6.54 Å². The molecule has 1 amide bonds. The van der Waals surface area contributed by atoms with E-state index in [2.05, 4.69) is 4.90 Å². The van der Waals surface area contributed by atoms with Crippen molar-refractivity contribution in [2.75, 3.05) is 6.54 Å². The van der Waals surface area contributed by atoms with E-state index in [1.807, 2.05) is 30.3 Å². The maximum Gasteiger partial charge on any atom is 0.278 e. The van der Waals surface area contributed by atoms with Gasteiger partial charge in [0.05, 0.1) is 5.37 Å². The van der Waals surface area contributed by atoms with E-state index in [1.54, 1.807) is 6.07 Å². The molecule has 4 nitrogen and oxygen atoms in total. The molecule has 132 valence electrons. The van der Waals surface area contributed by atoms with Gasteiger partial charge < -0.3 is 10.5 Å². The summed E-state index contributed by atoms with van der Waals surface area (Å²) in [4.78, 5) is 13.4. The quantitative estimate of drug-likeness (QED) is 0.841. The number of carbonyl (C=O) groups is 1. The van der Waals surface area contributed by atoms with Crippen LogP contribution >= 0.6 is 11.8 Å². The summed E-state index contributed by atoms with van der Waals surface area (Å²) in [5, 5.41) is -0.153. The smallest absolute Gasteiger partial charge is 0.278 e. The Morgan fingerprint density at radius 3 is 2.76 bits per heavy atom. The Morgan fingerprint density at radius 2 is 2.04 bits per heavy atom. The molecule has 1 aliphatic rings. The molecule has 1 fully saturated rings. The molecule has 2 N–H and O–H groups in total. The molecule has 1 aliphatic heterocycles. The molecule has 0 spiro atoms. The fourth-order valence-corrected chi connectivity index (χ4v) is 3.84. The lowest BCUT2D eigenvalue weighted by molar-refractivity contribution is 0.265. The number of rotatable bonds is 6. The van der Waals surface area contributed by atoms with Crippen molar-refractivity contribution in [2.24, 2.45) is 5.73 Å². The fourth-order valence-electron chi connectivity index (χ4n) is 2.96. The SMILES string of the molecule is NC(=O)SC1CCCN1Cc1ccc(OCc2cccc(F)c2)cc1. The van der Waals surface area contributed by atoms with Gasteiger partial charge in [-0.3, -0.25) is 9.69 Å². The molecule has 3 rings (SSSR count). The van der Waals surface area contributed by atoms with Crippen molar-refractivity contribution in [2.45, 2.75) is 31.4 Å². The summed E-state index contributed by atoms with van der Waals surface area (Å²) in [5.41, 5.74) is 7.26. The second kappa shape index (κ2) is 8.36. The summed E-state index contributed by atoms with van der Waals surface area (Å²) in [5.74, 6) is 0.489. The molecule has 1 saturated heterocycles. The zero-order chi connectivity index (χ0) is 17.6. The zero-order valence-electron chi connectivity index (χ0n) is 13.9. The van der Waals surface area contributed by atoms with Crippen molar-refractivity contribution < 1.29 is 13.9 Å². The highest BCUT2D eigenvalue weighted by atomic mass is 32.2. The van der Waals surface area contributed by atoms with Crippen LogP contribution in [0, 0.1) is 5.82 Å². The van der Waals surface area contributed by atoms with Gasteiger partial charge in [0.1, 0.15) is 18.2 Å². The summed E-state index contributed by atoms with van der Waals surface area (Å²) in [6, 6.07) is 14.3. The van der Waals surface area contributed by atoms with Crippen molar-refractivity contribution in [3.8, 4) is 5.75 Å². The number of thioether (sulfide) groups is 1. The normalized spacial score (nSPS) is 17.6. The van der Waals surface area contributed by atoms with Gasteiger partial charge in [-0.15, -0.1) is 0 Å².